The van der Waals surface area contributed by atoms with Gasteiger partial charge in [0.25, 0.3) is 5.91 Å². The Balaban J connectivity index is 2.13. The maximum absolute atomic E-state index is 12.2. The predicted octanol–water partition coefficient (Wildman–Crippen LogP) is 0.885. The molecular formula is C15H17N3O5S2. The molecule has 25 heavy (non-hydrogen) atoms. The Morgan fingerprint density at radius 2 is 1.44 bits per heavy atom. The summed E-state index contributed by atoms with van der Waals surface area (Å²) in [6.07, 6.45) is 0. The molecule has 10 heteroatoms. The number of amides is 1. The van der Waals surface area contributed by atoms with Crippen LogP contribution in [0.4, 0.5) is 5.69 Å². The van der Waals surface area contributed by atoms with Crippen molar-refractivity contribution in [1.29, 1.82) is 0 Å². The van der Waals surface area contributed by atoms with Crippen LogP contribution in [-0.2, 0) is 20.0 Å². The van der Waals surface area contributed by atoms with Crippen molar-refractivity contribution in [2.24, 2.45) is 5.14 Å². The average molecular weight is 383 g/mol. The summed E-state index contributed by atoms with van der Waals surface area (Å²) >= 11 is 0. The van der Waals surface area contributed by atoms with Crippen molar-refractivity contribution < 1.29 is 21.6 Å². The van der Waals surface area contributed by atoms with Gasteiger partial charge in [-0.15, -0.1) is 0 Å². The predicted molar refractivity (Wildman–Crippen MR) is 93.1 cm³/mol. The first-order chi connectivity index (χ1) is 11.6. The third kappa shape index (κ3) is 4.86. The maximum Gasteiger partial charge on any atom is 0.255 e. The summed E-state index contributed by atoms with van der Waals surface area (Å²) < 4.78 is 48.4. The Morgan fingerprint density at radius 1 is 0.920 bits per heavy atom. The molecule has 2 rings (SSSR count). The first-order valence-corrected chi connectivity index (χ1v) is 10.2. The second-order valence-corrected chi connectivity index (χ2v) is 8.38. The first kappa shape index (κ1) is 19.1. The number of rotatable bonds is 6. The summed E-state index contributed by atoms with van der Waals surface area (Å²) in [7, 11) is -7.38. The highest BCUT2D eigenvalue weighted by Gasteiger charge is 2.14. The number of benzene rings is 2. The van der Waals surface area contributed by atoms with E-state index in [1.165, 1.54) is 48.5 Å². The standard InChI is InChI=1S/C15H17N3O5S2/c1-2-17-25(22,23)14-7-3-11(4-8-14)15(19)18-12-5-9-13(10-6-12)24(16,20)21/h3-10,17H,2H2,1H3,(H,18,19)(H2,16,20,21). The van der Waals surface area contributed by atoms with Crippen LogP contribution in [0.25, 0.3) is 0 Å². The Kier molecular flexibility index (Phi) is 5.58. The SMILES string of the molecule is CCNS(=O)(=O)c1ccc(C(=O)Nc2ccc(S(N)(=O)=O)cc2)cc1. The van der Waals surface area contributed by atoms with Crippen molar-refractivity contribution in [3.63, 3.8) is 0 Å². The van der Waals surface area contributed by atoms with Gasteiger partial charge in [0.2, 0.25) is 20.0 Å². The summed E-state index contributed by atoms with van der Waals surface area (Å²) in [6, 6.07) is 10.8. The lowest BCUT2D eigenvalue weighted by Crippen LogP contribution is -2.23. The van der Waals surface area contributed by atoms with Gasteiger partial charge in [0, 0.05) is 17.8 Å². The van der Waals surface area contributed by atoms with Gasteiger partial charge < -0.3 is 5.32 Å². The van der Waals surface area contributed by atoms with Crippen LogP contribution in [0.1, 0.15) is 17.3 Å². The number of nitrogens with two attached hydrogens (primary N) is 1. The molecule has 8 nitrogen and oxygen atoms in total. The lowest BCUT2D eigenvalue weighted by molar-refractivity contribution is 0.102. The summed E-state index contributed by atoms with van der Waals surface area (Å²) in [4.78, 5) is 12.2. The minimum atomic E-state index is -3.80. The Morgan fingerprint density at radius 3 is 1.92 bits per heavy atom. The third-order valence-corrected chi connectivity index (χ3v) is 5.69. The fourth-order valence-electron chi connectivity index (χ4n) is 1.99. The van der Waals surface area contributed by atoms with Crippen molar-refractivity contribution in [2.45, 2.75) is 16.7 Å². The van der Waals surface area contributed by atoms with Gasteiger partial charge in [0.05, 0.1) is 9.79 Å². The number of carbonyl (C=O) groups excluding carboxylic acids is 1. The van der Waals surface area contributed by atoms with Crippen LogP contribution in [0.5, 0.6) is 0 Å². The molecular weight excluding hydrogens is 366 g/mol. The molecule has 0 bridgehead atoms. The molecule has 0 aliphatic carbocycles. The Labute approximate surface area is 146 Å². The van der Waals surface area contributed by atoms with E-state index in [2.05, 4.69) is 10.0 Å². The summed E-state index contributed by atoms with van der Waals surface area (Å²) in [6.45, 7) is 1.93. The molecule has 0 atom stereocenters. The highest BCUT2D eigenvalue weighted by atomic mass is 32.2. The van der Waals surface area contributed by atoms with Crippen molar-refractivity contribution in [1.82, 2.24) is 4.72 Å². The van der Waals surface area contributed by atoms with Crippen molar-refractivity contribution in [2.75, 3.05) is 11.9 Å². The minimum absolute atomic E-state index is 0.0587. The van der Waals surface area contributed by atoms with E-state index in [0.29, 0.717) is 5.69 Å². The molecule has 0 saturated heterocycles. The van der Waals surface area contributed by atoms with Crippen LogP contribution in [-0.4, -0.2) is 29.3 Å². The normalized spacial score (nSPS) is 11.9. The quantitative estimate of drug-likeness (QED) is 0.680. The van der Waals surface area contributed by atoms with Gasteiger partial charge in [-0.3, -0.25) is 4.79 Å². The molecule has 2 aromatic rings. The van der Waals surface area contributed by atoms with E-state index in [9.17, 15) is 21.6 Å². The van der Waals surface area contributed by atoms with Gasteiger partial charge in [0.1, 0.15) is 0 Å². The molecule has 134 valence electrons. The van der Waals surface area contributed by atoms with Gasteiger partial charge in [-0.25, -0.2) is 26.7 Å². The third-order valence-electron chi connectivity index (χ3n) is 3.20. The monoisotopic (exact) mass is 383 g/mol. The van der Waals surface area contributed by atoms with E-state index in [0.717, 1.165) is 0 Å². The molecule has 0 aliphatic heterocycles. The lowest BCUT2D eigenvalue weighted by Gasteiger charge is -2.08. The highest BCUT2D eigenvalue weighted by Crippen LogP contribution is 2.15. The molecule has 1 amide bonds. The van der Waals surface area contributed by atoms with E-state index >= 15 is 0 Å². The zero-order chi connectivity index (χ0) is 18.7. The number of hydrogen-bond donors (Lipinski definition) is 3. The molecule has 0 heterocycles. The van der Waals surface area contributed by atoms with Crippen molar-refractivity contribution >= 4 is 31.6 Å². The van der Waals surface area contributed by atoms with Gasteiger partial charge in [-0.05, 0) is 48.5 Å². The first-order valence-electron chi connectivity index (χ1n) is 7.17. The zero-order valence-corrected chi connectivity index (χ0v) is 14.9. The lowest BCUT2D eigenvalue weighted by atomic mass is 10.2. The van der Waals surface area contributed by atoms with Crippen LogP contribution in [0.2, 0.25) is 0 Å². The fraction of sp³-hybridized carbons (Fsp3) is 0.133. The summed E-state index contributed by atoms with van der Waals surface area (Å²) in [5, 5.41) is 7.58. The van der Waals surface area contributed by atoms with E-state index in [-0.39, 0.29) is 21.9 Å². The summed E-state index contributed by atoms with van der Waals surface area (Å²) in [5.41, 5.74) is 0.632. The Bertz CT molecular complexity index is 967. The van der Waals surface area contributed by atoms with Gasteiger partial charge in [0.15, 0.2) is 0 Å². The highest BCUT2D eigenvalue weighted by molar-refractivity contribution is 7.89. The van der Waals surface area contributed by atoms with Gasteiger partial charge in [-0.2, -0.15) is 0 Å². The number of primary sulfonamides is 1. The molecule has 0 saturated carbocycles. The number of hydrogen-bond acceptors (Lipinski definition) is 5. The zero-order valence-electron chi connectivity index (χ0n) is 13.3. The molecule has 2 aromatic carbocycles. The molecule has 0 unspecified atom stereocenters. The molecule has 0 aromatic heterocycles. The molecule has 0 fully saturated rings. The molecule has 0 aliphatic rings. The van der Waals surface area contributed by atoms with Crippen molar-refractivity contribution in [3.05, 3.63) is 54.1 Å². The molecule has 0 radical (unpaired) electrons. The molecule has 0 spiro atoms. The number of carbonyl (C=O) groups is 1. The van der Waals surface area contributed by atoms with Crippen LogP contribution in [0.3, 0.4) is 0 Å². The Hall–Kier alpha value is -2.27. The van der Waals surface area contributed by atoms with E-state index in [4.69, 9.17) is 5.14 Å². The van der Waals surface area contributed by atoms with E-state index in [1.54, 1.807) is 6.92 Å². The van der Waals surface area contributed by atoms with Crippen LogP contribution < -0.4 is 15.2 Å². The second-order valence-electron chi connectivity index (χ2n) is 5.05. The topological polar surface area (TPSA) is 135 Å². The summed E-state index contributed by atoms with van der Waals surface area (Å²) in [5.74, 6) is -0.462. The molecule has 4 N–H and O–H groups in total. The van der Waals surface area contributed by atoms with E-state index in [1.807, 2.05) is 0 Å². The van der Waals surface area contributed by atoms with E-state index < -0.39 is 26.0 Å². The number of sulfonamides is 2. The van der Waals surface area contributed by atoms with Gasteiger partial charge in [-0.1, -0.05) is 6.92 Å². The number of anilines is 1. The number of nitrogens with one attached hydrogen (secondary N) is 2. The van der Waals surface area contributed by atoms with Crippen molar-refractivity contribution in [3.8, 4) is 0 Å². The van der Waals surface area contributed by atoms with Crippen LogP contribution >= 0.6 is 0 Å². The van der Waals surface area contributed by atoms with Crippen LogP contribution in [0, 0.1) is 0 Å². The second kappa shape index (κ2) is 7.31. The maximum atomic E-state index is 12.2. The largest absolute Gasteiger partial charge is 0.322 e. The van der Waals surface area contributed by atoms with Crippen LogP contribution in [0.15, 0.2) is 58.3 Å². The minimum Gasteiger partial charge on any atom is -0.322 e. The smallest absolute Gasteiger partial charge is 0.255 e. The van der Waals surface area contributed by atoms with Gasteiger partial charge >= 0.3 is 0 Å². The fourth-order valence-corrected chi connectivity index (χ4v) is 3.55. The average Bonchev–Trinajstić information content (AvgIpc) is 2.54.